The van der Waals surface area contributed by atoms with Gasteiger partial charge in [-0.2, -0.15) is 11.8 Å². The predicted octanol–water partition coefficient (Wildman–Crippen LogP) is 2.46. The first-order valence-electron chi connectivity index (χ1n) is 5.65. The molecule has 0 saturated carbocycles. The maximum Gasteiger partial charge on any atom is 0.0308 e. The molecule has 0 aromatic carbocycles. The zero-order chi connectivity index (χ0) is 10.3. The first-order chi connectivity index (χ1) is 7.45. The third-order valence-electron chi connectivity index (χ3n) is 2.72. The normalized spacial score (nSPS) is 21.5. The van der Waals surface area contributed by atoms with Crippen LogP contribution in [0.25, 0.3) is 0 Å². The van der Waals surface area contributed by atoms with Crippen LogP contribution in [0.1, 0.15) is 24.8 Å². The van der Waals surface area contributed by atoms with E-state index in [-0.39, 0.29) is 0 Å². The number of nitrogens with zero attached hydrogens (tertiary/aromatic N) is 1. The van der Waals surface area contributed by atoms with E-state index < -0.39 is 0 Å². The minimum atomic E-state index is 0.737. The van der Waals surface area contributed by atoms with Crippen LogP contribution in [0.2, 0.25) is 0 Å². The molecule has 0 amide bonds. The van der Waals surface area contributed by atoms with Gasteiger partial charge in [0.25, 0.3) is 0 Å². The lowest BCUT2D eigenvalue weighted by atomic mass is 10.1. The van der Waals surface area contributed by atoms with Crippen LogP contribution in [-0.2, 0) is 5.75 Å². The molecule has 1 aromatic rings. The molecule has 2 heterocycles. The number of pyridine rings is 1. The fourth-order valence-corrected chi connectivity index (χ4v) is 2.96. The quantitative estimate of drug-likeness (QED) is 0.847. The van der Waals surface area contributed by atoms with Gasteiger partial charge in [-0.15, -0.1) is 0 Å². The van der Waals surface area contributed by atoms with Crippen molar-refractivity contribution in [3.8, 4) is 0 Å². The lowest BCUT2D eigenvalue weighted by Gasteiger charge is -2.22. The van der Waals surface area contributed by atoms with Crippen LogP contribution in [0.5, 0.6) is 0 Å². The topological polar surface area (TPSA) is 24.9 Å². The van der Waals surface area contributed by atoms with E-state index in [2.05, 4.69) is 16.4 Å². The van der Waals surface area contributed by atoms with Gasteiger partial charge in [-0.3, -0.25) is 4.98 Å². The number of nitrogens with one attached hydrogen (secondary N) is 1. The number of piperidine rings is 1. The highest BCUT2D eigenvalue weighted by Crippen LogP contribution is 2.16. The molecule has 82 valence electrons. The molecular formula is C12H18N2S. The average Bonchev–Trinajstić information content (AvgIpc) is 2.32. The van der Waals surface area contributed by atoms with E-state index in [1.165, 1.54) is 37.1 Å². The Morgan fingerprint density at radius 2 is 2.47 bits per heavy atom. The predicted molar refractivity (Wildman–Crippen MR) is 66.0 cm³/mol. The van der Waals surface area contributed by atoms with Crippen LogP contribution < -0.4 is 5.32 Å². The van der Waals surface area contributed by atoms with Crippen molar-refractivity contribution in [3.05, 3.63) is 30.1 Å². The summed E-state index contributed by atoms with van der Waals surface area (Å²) in [6, 6.07) is 4.89. The molecule has 1 aliphatic rings. The minimum absolute atomic E-state index is 0.737. The average molecular weight is 222 g/mol. The van der Waals surface area contributed by atoms with E-state index >= 15 is 0 Å². The lowest BCUT2D eigenvalue weighted by Crippen LogP contribution is -2.35. The number of rotatable bonds is 4. The molecule has 15 heavy (non-hydrogen) atoms. The van der Waals surface area contributed by atoms with Crippen molar-refractivity contribution < 1.29 is 0 Å². The smallest absolute Gasteiger partial charge is 0.0308 e. The molecule has 1 saturated heterocycles. The van der Waals surface area contributed by atoms with Crippen molar-refractivity contribution in [2.24, 2.45) is 0 Å². The summed E-state index contributed by atoms with van der Waals surface area (Å²) in [5.41, 5.74) is 1.33. The summed E-state index contributed by atoms with van der Waals surface area (Å²) >= 11 is 2.01. The molecule has 0 radical (unpaired) electrons. The molecule has 0 unspecified atom stereocenters. The summed E-state index contributed by atoms with van der Waals surface area (Å²) in [4.78, 5) is 4.12. The van der Waals surface area contributed by atoms with Gasteiger partial charge in [-0.25, -0.2) is 0 Å². The highest BCUT2D eigenvalue weighted by Gasteiger charge is 2.11. The second-order valence-electron chi connectivity index (χ2n) is 4.02. The largest absolute Gasteiger partial charge is 0.313 e. The Hall–Kier alpha value is -0.540. The molecule has 1 N–H and O–H groups in total. The SMILES string of the molecule is c1cncc(CSC[C@@H]2CCCCN2)c1. The molecule has 2 rings (SSSR count). The summed E-state index contributed by atoms with van der Waals surface area (Å²) in [6.45, 7) is 1.21. The molecule has 0 spiro atoms. The monoisotopic (exact) mass is 222 g/mol. The maximum atomic E-state index is 4.12. The second kappa shape index (κ2) is 6.13. The summed E-state index contributed by atoms with van der Waals surface area (Å²) in [5, 5.41) is 3.57. The van der Waals surface area contributed by atoms with Crippen molar-refractivity contribution >= 4 is 11.8 Å². The number of hydrogen-bond acceptors (Lipinski definition) is 3. The zero-order valence-corrected chi connectivity index (χ0v) is 9.80. The van der Waals surface area contributed by atoms with Crippen molar-refractivity contribution in [1.29, 1.82) is 0 Å². The fourth-order valence-electron chi connectivity index (χ4n) is 1.87. The molecule has 0 bridgehead atoms. The van der Waals surface area contributed by atoms with Gasteiger partial charge in [0.2, 0.25) is 0 Å². The zero-order valence-electron chi connectivity index (χ0n) is 8.98. The van der Waals surface area contributed by atoms with E-state index in [0.717, 1.165) is 11.8 Å². The van der Waals surface area contributed by atoms with E-state index in [4.69, 9.17) is 0 Å². The standard InChI is InChI=1S/C12H18N2S/c1-2-7-14-12(5-1)10-15-9-11-4-3-6-13-8-11/h3-4,6,8,12,14H,1-2,5,7,9-10H2/t12-/m0/s1. The Labute approximate surface area is 95.9 Å². The third kappa shape index (κ3) is 3.84. The summed E-state index contributed by atoms with van der Waals surface area (Å²) in [6.07, 6.45) is 7.88. The highest BCUT2D eigenvalue weighted by atomic mass is 32.2. The van der Waals surface area contributed by atoms with Gasteiger partial charge in [-0.1, -0.05) is 12.5 Å². The summed E-state index contributed by atoms with van der Waals surface area (Å²) in [7, 11) is 0. The van der Waals surface area contributed by atoms with Gasteiger partial charge in [0, 0.05) is 29.9 Å². The van der Waals surface area contributed by atoms with Crippen molar-refractivity contribution in [2.75, 3.05) is 12.3 Å². The van der Waals surface area contributed by atoms with Crippen LogP contribution in [0, 0.1) is 0 Å². The van der Waals surface area contributed by atoms with Crippen LogP contribution >= 0.6 is 11.8 Å². The Bertz CT molecular complexity index is 270. The number of aromatic nitrogens is 1. The Balaban J connectivity index is 1.66. The third-order valence-corrected chi connectivity index (χ3v) is 3.90. The van der Waals surface area contributed by atoms with Crippen molar-refractivity contribution in [2.45, 2.75) is 31.1 Å². The first kappa shape index (κ1) is 11.0. The second-order valence-corrected chi connectivity index (χ2v) is 5.05. The molecule has 1 aromatic heterocycles. The van der Waals surface area contributed by atoms with Crippen LogP contribution in [-0.4, -0.2) is 23.3 Å². The molecule has 2 nitrogen and oxygen atoms in total. The Kier molecular flexibility index (Phi) is 4.48. The Morgan fingerprint density at radius 3 is 3.20 bits per heavy atom. The molecule has 1 fully saturated rings. The fraction of sp³-hybridized carbons (Fsp3) is 0.583. The summed E-state index contributed by atoms with van der Waals surface area (Å²) in [5.74, 6) is 2.32. The van der Waals surface area contributed by atoms with Gasteiger partial charge in [0.05, 0.1) is 0 Å². The molecule has 3 heteroatoms. The van der Waals surface area contributed by atoms with Gasteiger partial charge >= 0.3 is 0 Å². The van der Waals surface area contributed by atoms with Gasteiger partial charge < -0.3 is 5.32 Å². The molecule has 1 atom stereocenters. The van der Waals surface area contributed by atoms with E-state index in [9.17, 15) is 0 Å². The summed E-state index contributed by atoms with van der Waals surface area (Å²) < 4.78 is 0. The van der Waals surface area contributed by atoms with E-state index in [1.807, 2.05) is 30.2 Å². The van der Waals surface area contributed by atoms with E-state index in [1.54, 1.807) is 0 Å². The van der Waals surface area contributed by atoms with Gasteiger partial charge in [-0.05, 0) is 31.0 Å². The van der Waals surface area contributed by atoms with Crippen LogP contribution in [0.4, 0.5) is 0 Å². The minimum Gasteiger partial charge on any atom is -0.313 e. The lowest BCUT2D eigenvalue weighted by molar-refractivity contribution is 0.430. The maximum absolute atomic E-state index is 4.12. The molecule has 0 aliphatic carbocycles. The molecule has 1 aliphatic heterocycles. The van der Waals surface area contributed by atoms with Crippen LogP contribution in [0.3, 0.4) is 0 Å². The first-order valence-corrected chi connectivity index (χ1v) is 6.80. The number of thioether (sulfide) groups is 1. The van der Waals surface area contributed by atoms with E-state index in [0.29, 0.717) is 0 Å². The number of hydrogen-bond donors (Lipinski definition) is 1. The van der Waals surface area contributed by atoms with Crippen LogP contribution in [0.15, 0.2) is 24.5 Å². The molecular weight excluding hydrogens is 204 g/mol. The van der Waals surface area contributed by atoms with Crippen molar-refractivity contribution in [1.82, 2.24) is 10.3 Å². The Morgan fingerprint density at radius 1 is 1.47 bits per heavy atom. The van der Waals surface area contributed by atoms with Crippen molar-refractivity contribution in [3.63, 3.8) is 0 Å². The van der Waals surface area contributed by atoms with Gasteiger partial charge in [0.15, 0.2) is 0 Å². The highest BCUT2D eigenvalue weighted by molar-refractivity contribution is 7.98. The van der Waals surface area contributed by atoms with Gasteiger partial charge in [0.1, 0.15) is 0 Å².